The summed E-state index contributed by atoms with van der Waals surface area (Å²) in [5.41, 5.74) is 0.646. The molecular formula is C13H18BrFN2O. The predicted molar refractivity (Wildman–Crippen MR) is 73.1 cm³/mol. The van der Waals surface area contributed by atoms with Crippen molar-refractivity contribution in [3.63, 3.8) is 0 Å². The van der Waals surface area contributed by atoms with Gasteiger partial charge >= 0.3 is 0 Å². The summed E-state index contributed by atoms with van der Waals surface area (Å²) in [6, 6.07) is 5.23. The van der Waals surface area contributed by atoms with Crippen LogP contribution in [0.25, 0.3) is 0 Å². The average Bonchev–Trinajstić information content (AvgIpc) is 2.35. The van der Waals surface area contributed by atoms with Crippen LogP contribution in [0.1, 0.15) is 11.6 Å². The lowest BCUT2D eigenvalue weighted by Gasteiger charge is -2.35. The summed E-state index contributed by atoms with van der Waals surface area (Å²) in [6.45, 7) is 2.42. The van der Waals surface area contributed by atoms with Gasteiger partial charge in [0.1, 0.15) is 5.82 Å². The van der Waals surface area contributed by atoms with Crippen LogP contribution in [-0.2, 0) is 4.74 Å². The first-order chi connectivity index (χ1) is 8.63. The molecular weight excluding hydrogens is 299 g/mol. The molecule has 1 aromatic rings. The fourth-order valence-electron chi connectivity index (χ4n) is 2.32. The smallest absolute Gasteiger partial charge is 0.142 e. The summed E-state index contributed by atoms with van der Waals surface area (Å²) in [6.07, 6.45) is -0.0300. The zero-order valence-electron chi connectivity index (χ0n) is 10.6. The van der Waals surface area contributed by atoms with Crippen LogP contribution in [0, 0.1) is 5.82 Å². The Kier molecular flexibility index (Phi) is 4.72. The third-order valence-corrected chi connectivity index (χ3v) is 3.91. The number of likely N-dealkylation sites (N-methyl/N-ethyl adjacent to an activating group) is 2. The Morgan fingerprint density at radius 3 is 3.00 bits per heavy atom. The number of morpholine rings is 1. The zero-order valence-corrected chi connectivity index (χ0v) is 12.2. The van der Waals surface area contributed by atoms with Crippen molar-refractivity contribution >= 4 is 15.9 Å². The molecule has 3 nitrogen and oxygen atoms in total. The van der Waals surface area contributed by atoms with Gasteiger partial charge in [0, 0.05) is 18.7 Å². The number of rotatable bonds is 3. The van der Waals surface area contributed by atoms with Crippen LogP contribution in [-0.4, -0.2) is 44.8 Å². The molecule has 18 heavy (non-hydrogen) atoms. The molecule has 0 bridgehead atoms. The molecule has 1 heterocycles. The minimum atomic E-state index is -0.214. The lowest BCUT2D eigenvalue weighted by molar-refractivity contribution is -0.0385. The number of nitrogens with one attached hydrogen (secondary N) is 1. The van der Waals surface area contributed by atoms with Crippen LogP contribution in [0.2, 0.25) is 0 Å². The van der Waals surface area contributed by atoms with Crippen molar-refractivity contribution in [2.45, 2.75) is 12.1 Å². The topological polar surface area (TPSA) is 24.5 Å². The van der Waals surface area contributed by atoms with E-state index >= 15 is 0 Å². The molecule has 0 radical (unpaired) electrons. The second-order valence-corrected chi connectivity index (χ2v) is 5.44. The summed E-state index contributed by atoms with van der Waals surface area (Å²) in [4.78, 5) is 2.20. The maximum atomic E-state index is 14.1. The van der Waals surface area contributed by atoms with Gasteiger partial charge in [0.2, 0.25) is 0 Å². The molecule has 1 aliphatic heterocycles. The number of halogens is 2. The maximum absolute atomic E-state index is 14.1. The van der Waals surface area contributed by atoms with Crippen LogP contribution < -0.4 is 5.32 Å². The highest BCUT2D eigenvalue weighted by molar-refractivity contribution is 9.10. The minimum Gasteiger partial charge on any atom is -0.374 e. The van der Waals surface area contributed by atoms with E-state index in [1.807, 2.05) is 13.1 Å². The molecule has 0 aromatic heterocycles. The van der Waals surface area contributed by atoms with Gasteiger partial charge in [0.25, 0.3) is 0 Å². The molecule has 0 spiro atoms. The molecule has 5 heteroatoms. The summed E-state index contributed by atoms with van der Waals surface area (Å²) < 4.78 is 20.4. The molecule has 100 valence electrons. The van der Waals surface area contributed by atoms with Gasteiger partial charge in [-0.1, -0.05) is 12.1 Å². The van der Waals surface area contributed by atoms with Gasteiger partial charge in [0.15, 0.2) is 0 Å². The third kappa shape index (κ3) is 2.91. The summed E-state index contributed by atoms with van der Waals surface area (Å²) >= 11 is 3.23. The van der Waals surface area contributed by atoms with Crippen LogP contribution in [0.5, 0.6) is 0 Å². The summed E-state index contributed by atoms with van der Waals surface area (Å²) in [5.74, 6) is -0.214. The average molecular weight is 317 g/mol. The van der Waals surface area contributed by atoms with Crippen LogP contribution >= 0.6 is 15.9 Å². The molecule has 0 aliphatic carbocycles. The van der Waals surface area contributed by atoms with E-state index < -0.39 is 0 Å². The molecule has 1 saturated heterocycles. The van der Waals surface area contributed by atoms with E-state index in [1.54, 1.807) is 12.1 Å². The fraction of sp³-hybridized carbons (Fsp3) is 0.538. The van der Waals surface area contributed by atoms with Gasteiger partial charge in [-0.25, -0.2) is 4.39 Å². The third-order valence-electron chi connectivity index (χ3n) is 3.30. The summed E-state index contributed by atoms with van der Waals surface area (Å²) in [5, 5.41) is 3.16. The molecule has 0 amide bonds. The Balaban J connectivity index is 2.24. The van der Waals surface area contributed by atoms with Gasteiger partial charge in [0.05, 0.1) is 23.2 Å². The Bertz CT molecular complexity index is 416. The number of hydrogen-bond acceptors (Lipinski definition) is 3. The van der Waals surface area contributed by atoms with Crippen molar-refractivity contribution in [1.29, 1.82) is 0 Å². The number of ether oxygens (including phenoxy) is 1. The monoisotopic (exact) mass is 316 g/mol. The highest BCUT2D eigenvalue weighted by Crippen LogP contribution is 2.28. The molecule has 1 aliphatic rings. The van der Waals surface area contributed by atoms with Crippen molar-refractivity contribution in [2.75, 3.05) is 33.8 Å². The van der Waals surface area contributed by atoms with E-state index in [9.17, 15) is 4.39 Å². The van der Waals surface area contributed by atoms with Gasteiger partial charge in [-0.3, -0.25) is 0 Å². The molecule has 1 N–H and O–H groups in total. The molecule has 0 saturated carbocycles. The Labute approximate surface area is 115 Å². The minimum absolute atomic E-state index is 0.0300. The van der Waals surface area contributed by atoms with Crippen LogP contribution in [0.4, 0.5) is 4.39 Å². The molecule has 1 aromatic carbocycles. The molecule has 1 fully saturated rings. The lowest BCUT2D eigenvalue weighted by atomic mass is 9.99. The van der Waals surface area contributed by atoms with Gasteiger partial charge in [-0.15, -0.1) is 0 Å². The molecule has 2 unspecified atom stereocenters. The highest BCUT2D eigenvalue weighted by atomic mass is 79.9. The zero-order chi connectivity index (χ0) is 13.1. The first-order valence-electron chi connectivity index (χ1n) is 6.04. The first-order valence-corrected chi connectivity index (χ1v) is 6.84. The second kappa shape index (κ2) is 6.10. The SMILES string of the molecule is CNC(c1cccc(Br)c1F)C1CN(C)CCO1. The van der Waals surface area contributed by atoms with E-state index in [0.29, 0.717) is 16.6 Å². The molecule has 2 rings (SSSR count). The van der Waals surface area contributed by atoms with Gasteiger partial charge < -0.3 is 15.0 Å². The van der Waals surface area contributed by atoms with Crippen molar-refractivity contribution in [1.82, 2.24) is 10.2 Å². The Hall–Kier alpha value is -0.490. The summed E-state index contributed by atoms with van der Waals surface area (Å²) in [7, 11) is 3.89. The van der Waals surface area contributed by atoms with E-state index in [1.165, 1.54) is 0 Å². The van der Waals surface area contributed by atoms with E-state index in [4.69, 9.17) is 4.74 Å². The quantitative estimate of drug-likeness (QED) is 0.925. The van der Waals surface area contributed by atoms with Crippen molar-refractivity contribution < 1.29 is 9.13 Å². The van der Waals surface area contributed by atoms with Crippen molar-refractivity contribution in [3.8, 4) is 0 Å². The standard InChI is InChI=1S/C13H18BrFN2O/c1-16-13(11-8-17(2)6-7-18-11)9-4-3-5-10(14)12(9)15/h3-5,11,13,16H,6-8H2,1-2H3. The van der Waals surface area contributed by atoms with Gasteiger partial charge in [-0.05, 0) is 36.1 Å². The first kappa shape index (κ1) is 13.9. The normalized spacial score (nSPS) is 23.0. The van der Waals surface area contributed by atoms with Gasteiger partial charge in [-0.2, -0.15) is 0 Å². The maximum Gasteiger partial charge on any atom is 0.142 e. The lowest BCUT2D eigenvalue weighted by Crippen LogP contribution is -2.46. The van der Waals surface area contributed by atoms with E-state index in [-0.39, 0.29) is 18.0 Å². The highest BCUT2D eigenvalue weighted by Gasteiger charge is 2.29. The fourth-order valence-corrected chi connectivity index (χ4v) is 2.70. The number of nitrogens with zero attached hydrogens (tertiary/aromatic N) is 1. The van der Waals surface area contributed by atoms with Crippen molar-refractivity contribution in [3.05, 3.63) is 34.1 Å². The Morgan fingerprint density at radius 1 is 1.56 bits per heavy atom. The second-order valence-electron chi connectivity index (χ2n) is 4.58. The van der Waals surface area contributed by atoms with Crippen molar-refractivity contribution in [2.24, 2.45) is 0 Å². The largest absolute Gasteiger partial charge is 0.374 e. The number of benzene rings is 1. The van der Waals surface area contributed by atoms with E-state index in [0.717, 1.165) is 13.1 Å². The van der Waals surface area contributed by atoms with Crippen LogP contribution in [0.15, 0.2) is 22.7 Å². The predicted octanol–water partition coefficient (Wildman–Crippen LogP) is 2.18. The van der Waals surface area contributed by atoms with Crippen LogP contribution in [0.3, 0.4) is 0 Å². The number of hydrogen-bond donors (Lipinski definition) is 1. The Morgan fingerprint density at radius 2 is 2.33 bits per heavy atom. The molecule has 2 atom stereocenters. The van der Waals surface area contributed by atoms with E-state index in [2.05, 4.69) is 33.2 Å².